The predicted molar refractivity (Wildman–Crippen MR) is 93.9 cm³/mol. The fraction of sp³-hybridized carbons (Fsp3) is 0. The zero-order chi connectivity index (χ0) is 15.2. The summed E-state index contributed by atoms with van der Waals surface area (Å²) >= 11 is 0. The van der Waals surface area contributed by atoms with E-state index in [9.17, 15) is 0 Å². The van der Waals surface area contributed by atoms with Gasteiger partial charge in [0.15, 0.2) is 0 Å². The van der Waals surface area contributed by atoms with E-state index in [1.807, 2.05) is 30.7 Å². The van der Waals surface area contributed by atoms with Crippen LogP contribution in [0.25, 0.3) is 38.4 Å². The normalized spacial score (nSPS) is 11.5. The molecule has 0 saturated carbocycles. The summed E-state index contributed by atoms with van der Waals surface area (Å²) in [6.45, 7) is 0. The van der Waals surface area contributed by atoms with Crippen molar-refractivity contribution in [2.45, 2.75) is 0 Å². The summed E-state index contributed by atoms with van der Waals surface area (Å²) in [5.41, 5.74) is 4.49. The Kier molecular flexibility index (Phi) is 2.50. The first-order valence-electron chi connectivity index (χ1n) is 7.61. The number of hydrogen-bond donors (Lipinski definition) is 0. The molecule has 0 amide bonds. The Morgan fingerprint density at radius 2 is 1.52 bits per heavy atom. The topological polar surface area (TPSA) is 30.7 Å². The summed E-state index contributed by atoms with van der Waals surface area (Å²) < 4.78 is 2.30. The van der Waals surface area contributed by atoms with E-state index in [0.717, 1.165) is 32.9 Å². The van der Waals surface area contributed by atoms with Crippen LogP contribution in [-0.4, -0.2) is 14.5 Å². The predicted octanol–water partition coefficient (Wildman–Crippen LogP) is 4.73. The molecule has 5 rings (SSSR count). The van der Waals surface area contributed by atoms with E-state index in [2.05, 4.69) is 63.1 Å². The number of benzene rings is 2. The molecule has 0 fully saturated rings. The van der Waals surface area contributed by atoms with Gasteiger partial charge in [-0.15, -0.1) is 0 Å². The molecule has 108 valence electrons. The van der Waals surface area contributed by atoms with Gasteiger partial charge in [0.05, 0.1) is 16.6 Å². The third-order valence-electron chi connectivity index (χ3n) is 4.31. The SMILES string of the molecule is c1ccc(-n2c3ccncc3c3cnc4ccccc4c32)cc1. The van der Waals surface area contributed by atoms with Crippen molar-refractivity contribution in [1.29, 1.82) is 0 Å². The Bertz CT molecular complexity index is 1160. The Morgan fingerprint density at radius 3 is 2.43 bits per heavy atom. The maximum Gasteiger partial charge on any atom is 0.0723 e. The highest BCUT2D eigenvalue weighted by atomic mass is 15.0. The van der Waals surface area contributed by atoms with Gasteiger partial charge in [-0.25, -0.2) is 0 Å². The number of rotatable bonds is 1. The zero-order valence-corrected chi connectivity index (χ0v) is 12.3. The summed E-state index contributed by atoms with van der Waals surface area (Å²) in [6.07, 6.45) is 5.73. The molecule has 0 N–H and O–H groups in total. The summed E-state index contributed by atoms with van der Waals surface area (Å²) in [4.78, 5) is 8.93. The number of nitrogens with zero attached hydrogens (tertiary/aromatic N) is 3. The van der Waals surface area contributed by atoms with E-state index < -0.39 is 0 Å². The van der Waals surface area contributed by atoms with Crippen LogP contribution in [0.5, 0.6) is 0 Å². The van der Waals surface area contributed by atoms with Crippen LogP contribution in [0.3, 0.4) is 0 Å². The first-order chi connectivity index (χ1) is 11.4. The van der Waals surface area contributed by atoms with Gasteiger partial charge < -0.3 is 4.57 Å². The standard InChI is InChI=1S/C20H13N3/c1-2-6-14(7-3-1)23-19-10-11-21-12-16(19)17-13-22-18-9-5-4-8-15(18)20(17)23/h1-13H. The molecule has 0 aliphatic rings. The van der Waals surface area contributed by atoms with Crippen molar-refractivity contribution in [1.82, 2.24) is 14.5 Å². The van der Waals surface area contributed by atoms with E-state index in [4.69, 9.17) is 0 Å². The minimum atomic E-state index is 1.01. The van der Waals surface area contributed by atoms with Crippen LogP contribution in [0.1, 0.15) is 0 Å². The quantitative estimate of drug-likeness (QED) is 0.448. The van der Waals surface area contributed by atoms with Gasteiger partial charge in [-0.3, -0.25) is 9.97 Å². The molecule has 3 heterocycles. The molecule has 0 atom stereocenters. The number of aromatic nitrogens is 3. The van der Waals surface area contributed by atoms with E-state index in [0.29, 0.717) is 0 Å². The molecule has 0 aliphatic heterocycles. The lowest BCUT2D eigenvalue weighted by molar-refractivity contribution is 1.18. The van der Waals surface area contributed by atoms with Crippen molar-refractivity contribution >= 4 is 32.7 Å². The van der Waals surface area contributed by atoms with E-state index >= 15 is 0 Å². The largest absolute Gasteiger partial charge is 0.308 e. The highest BCUT2D eigenvalue weighted by Gasteiger charge is 2.14. The molecule has 5 aromatic rings. The van der Waals surface area contributed by atoms with Crippen molar-refractivity contribution in [3.05, 3.63) is 79.3 Å². The Hall–Kier alpha value is -3.20. The molecule has 23 heavy (non-hydrogen) atoms. The second-order valence-electron chi connectivity index (χ2n) is 5.60. The van der Waals surface area contributed by atoms with Gasteiger partial charge in [-0.2, -0.15) is 0 Å². The van der Waals surface area contributed by atoms with Crippen molar-refractivity contribution in [3.63, 3.8) is 0 Å². The highest BCUT2D eigenvalue weighted by Crippen LogP contribution is 2.34. The second kappa shape index (κ2) is 4.65. The molecule has 2 aromatic carbocycles. The number of hydrogen-bond acceptors (Lipinski definition) is 2. The molecular weight excluding hydrogens is 282 g/mol. The van der Waals surface area contributed by atoms with Gasteiger partial charge in [0, 0.05) is 40.4 Å². The molecule has 0 radical (unpaired) electrons. The third kappa shape index (κ3) is 1.70. The maximum absolute atomic E-state index is 4.63. The Morgan fingerprint density at radius 1 is 0.696 bits per heavy atom. The first-order valence-corrected chi connectivity index (χ1v) is 7.61. The molecule has 3 heteroatoms. The Labute approximate surface area is 132 Å². The van der Waals surface area contributed by atoms with Crippen LogP contribution in [-0.2, 0) is 0 Å². The minimum Gasteiger partial charge on any atom is -0.308 e. The van der Waals surface area contributed by atoms with Gasteiger partial charge in [0.25, 0.3) is 0 Å². The number of para-hydroxylation sites is 2. The van der Waals surface area contributed by atoms with Crippen LogP contribution in [0.2, 0.25) is 0 Å². The molecule has 0 saturated heterocycles. The number of pyridine rings is 2. The van der Waals surface area contributed by atoms with Crippen LogP contribution >= 0.6 is 0 Å². The lowest BCUT2D eigenvalue weighted by Crippen LogP contribution is -1.94. The Balaban J connectivity index is 2.10. The summed E-state index contributed by atoms with van der Waals surface area (Å²) in [5, 5.41) is 3.42. The van der Waals surface area contributed by atoms with Crippen molar-refractivity contribution < 1.29 is 0 Å². The van der Waals surface area contributed by atoms with Crippen LogP contribution in [0, 0.1) is 0 Å². The van der Waals surface area contributed by atoms with Crippen LogP contribution < -0.4 is 0 Å². The molecular formula is C20H13N3. The second-order valence-corrected chi connectivity index (χ2v) is 5.60. The molecule has 0 aliphatic carbocycles. The molecule has 3 nitrogen and oxygen atoms in total. The lowest BCUT2D eigenvalue weighted by Gasteiger charge is -2.09. The number of fused-ring (bicyclic) bond motifs is 5. The van der Waals surface area contributed by atoms with Gasteiger partial charge >= 0.3 is 0 Å². The molecule has 0 unspecified atom stereocenters. The zero-order valence-electron chi connectivity index (χ0n) is 12.3. The monoisotopic (exact) mass is 295 g/mol. The summed E-state index contributed by atoms with van der Waals surface area (Å²) in [7, 11) is 0. The fourth-order valence-corrected chi connectivity index (χ4v) is 3.32. The average molecular weight is 295 g/mol. The smallest absolute Gasteiger partial charge is 0.0723 e. The first kappa shape index (κ1) is 12.4. The van der Waals surface area contributed by atoms with Crippen molar-refractivity contribution in [2.24, 2.45) is 0 Å². The molecule has 0 spiro atoms. The lowest BCUT2D eigenvalue weighted by atomic mass is 10.1. The van der Waals surface area contributed by atoms with Gasteiger partial charge in [-0.1, -0.05) is 36.4 Å². The van der Waals surface area contributed by atoms with Gasteiger partial charge in [0.2, 0.25) is 0 Å². The van der Waals surface area contributed by atoms with Crippen LogP contribution in [0.4, 0.5) is 0 Å². The van der Waals surface area contributed by atoms with Gasteiger partial charge in [0.1, 0.15) is 0 Å². The molecule has 0 bridgehead atoms. The summed E-state index contributed by atoms with van der Waals surface area (Å²) in [6, 6.07) is 20.8. The highest BCUT2D eigenvalue weighted by molar-refractivity contribution is 6.17. The van der Waals surface area contributed by atoms with Gasteiger partial charge in [-0.05, 0) is 24.3 Å². The van der Waals surface area contributed by atoms with Crippen molar-refractivity contribution in [2.75, 3.05) is 0 Å². The van der Waals surface area contributed by atoms with E-state index in [1.165, 1.54) is 5.52 Å². The van der Waals surface area contributed by atoms with Crippen molar-refractivity contribution in [3.8, 4) is 5.69 Å². The van der Waals surface area contributed by atoms with E-state index in [-0.39, 0.29) is 0 Å². The maximum atomic E-state index is 4.63. The summed E-state index contributed by atoms with van der Waals surface area (Å²) in [5.74, 6) is 0. The van der Waals surface area contributed by atoms with Crippen LogP contribution in [0.15, 0.2) is 79.3 Å². The molecule has 3 aromatic heterocycles. The third-order valence-corrected chi connectivity index (χ3v) is 4.31. The fourth-order valence-electron chi connectivity index (χ4n) is 3.32. The van der Waals surface area contributed by atoms with E-state index in [1.54, 1.807) is 0 Å². The minimum absolute atomic E-state index is 1.01. The average Bonchev–Trinajstić information content (AvgIpc) is 2.97.